The molecular weight excluding hydrogens is 331 g/mol. The summed E-state index contributed by atoms with van der Waals surface area (Å²) in [4.78, 5) is 0. The predicted octanol–water partition coefficient (Wildman–Crippen LogP) is 3.70. The van der Waals surface area contributed by atoms with Crippen LogP contribution >= 0.6 is 11.3 Å². The third kappa shape index (κ3) is 4.42. The molecule has 0 saturated carbocycles. The molecule has 0 spiro atoms. The van der Waals surface area contributed by atoms with Gasteiger partial charge in [0.15, 0.2) is 0 Å². The van der Waals surface area contributed by atoms with Gasteiger partial charge in [-0.05, 0) is 0 Å². The van der Waals surface area contributed by atoms with Crippen molar-refractivity contribution in [1.29, 1.82) is 0 Å². The summed E-state index contributed by atoms with van der Waals surface area (Å²) in [5.41, 5.74) is 2.24. The molecule has 104 valence electrons. The average molecular weight is 349 g/mol. The molecule has 0 atom stereocenters. The van der Waals surface area contributed by atoms with Gasteiger partial charge in [0.2, 0.25) is 0 Å². The Bertz CT molecular complexity index is 589. The summed E-state index contributed by atoms with van der Waals surface area (Å²) in [7, 11) is 1.68. The third-order valence-electron chi connectivity index (χ3n) is 2.79. The van der Waals surface area contributed by atoms with Crippen molar-refractivity contribution in [3.63, 3.8) is 0 Å². The van der Waals surface area contributed by atoms with E-state index in [4.69, 9.17) is 4.74 Å². The van der Waals surface area contributed by atoms with Crippen molar-refractivity contribution < 1.29 is 4.74 Å². The van der Waals surface area contributed by atoms with Crippen LogP contribution in [0, 0.1) is 11.8 Å². The SMILES string of the molecule is CCCC[Se]c1sccc1C#Cc1ccc(OC)cc1. The van der Waals surface area contributed by atoms with Gasteiger partial charge >= 0.3 is 131 Å². The Morgan fingerprint density at radius 1 is 1.15 bits per heavy atom. The van der Waals surface area contributed by atoms with Crippen molar-refractivity contribution in [3.8, 4) is 17.6 Å². The van der Waals surface area contributed by atoms with E-state index in [9.17, 15) is 0 Å². The van der Waals surface area contributed by atoms with E-state index < -0.39 is 0 Å². The molecule has 0 N–H and O–H groups in total. The van der Waals surface area contributed by atoms with Gasteiger partial charge in [0, 0.05) is 0 Å². The van der Waals surface area contributed by atoms with Gasteiger partial charge in [0.1, 0.15) is 0 Å². The number of benzene rings is 1. The molecule has 2 aromatic rings. The maximum atomic E-state index is 5.15. The Kier molecular flexibility index (Phi) is 6.20. The van der Waals surface area contributed by atoms with Crippen molar-refractivity contribution in [3.05, 3.63) is 46.8 Å². The molecule has 1 aromatic carbocycles. The van der Waals surface area contributed by atoms with E-state index in [-0.39, 0.29) is 0 Å². The average Bonchev–Trinajstić information content (AvgIpc) is 2.93. The molecule has 1 aromatic heterocycles. The first kappa shape index (κ1) is 15.2. The van der Waals surface area contributed by atoms with E-state index in [0.717, 1.165) is 11.3 Å². The minimum absolute atomic E-state index is 0.577. The summed E-state index contributed by atoms with van der Waals surface area (Å²) in [6, 6.07) is 10.0. The molecule has 0 radical (unpaired) electrons. The second-order valence-electron chi connectivity index (χ2n) is 4.30. The quantitative estimate of drug-likeness (QED) is 0.454. The molecule has 20 heavy (non-hydrogen) atoms. The summed E-state index contributed by atoms with van der Waals surface area (Å²) in [6.45, 7) is 2.24. The number of methoxy groups -OCH3 is 1. The molecule has 0 bridgehead atoms. The summed E-state index contributed by atoms with van der Waals surface area (Å²) < 4.78 is 6.63. The summed E-state index contributed by atoms with van der Waals surface area (Å²) in [6.07, 6.45) is 2.60. The maximum absolute atomic E-state index is 5.15. The van der Waals surface area contributed by atoms with Gasteiger partial charge in [-0.3, -0.25) is 0 Å². The van der Waals surface area contributed by atoms with Crippen LogP contribution in [-0.4, -0.2) is 22.1 Å². The Hall–Kier alpha value is -1.20. The van der Waals surface area contributed by atoms with Gasteiger partial charge in [-0.2, -0.15) is 0 Å². The molecule has 3 heteroatoms. The normalized spacial score (nSPS) is 9.90. The molecule has 0 aliphatic heterocycles. The number of unbranched alkanes of at least 4 members (excludes halogenated alkanes) is 1. The second kappa shape index (κ2) is 8.17. The first-order valence-electron chi connectivity index (χ1n) is 6.70. The fraction of sp³-hybridized carbons (Fsp3) is 0.294. The Morgan fingerprint density at radius 3 is 2.65 bits per heavy atom. The topological polar surface area (TPSA) is 9.23 Å². The van der Waals surface area contributed by atoms with Gasteiger partial charge in [0.05, 0.1) is 0 Å². The monoisotopic (exact) mass is 350 g/mol. The zero-order chi connectivity index (χ0) is 14.2. The number of rotatable bonds is 5. The van der Waals surface area contributed by atoms with Crippen LogP contribution in [0.3, 0.4) is 0 Å². The zero-order valence-corrected chi connectivity index (χ0v) is 14.3. The van der Waals surface area contributed by atoms with Crippen LogP contribution in [0.2, 0.25) is 5.32 Å². The Balaban J connectivity index is 2.06. The van der Waals surface area contributed by atoms with Crippen LogP contribution in [0.15, 0.2) is 35.7 Å². The van der Waals surface area contributed by atoms with Crippen LogP contribution in [0.25, 0.3) is 0 Å². The molecule has 0 amide bonds. The fourth-order valence-corrected chi connectivity index (χ4v) is 5.35. The van der Waals surface area contributed by atoms with Crippen LogP contribution in [0.1, 0.15) is 30.9 Å². The van der Waals surface area contributed by atoms with E-state index in [1.165, 1.54) is 27.5 Å². The van der Waals surface area contributed by atoms with Crippen molar-refractivity contribution in [2.45, 2.75) is 25.1 Å². The zero-order valence-electron chi connectivity index (χ0n) is 11.8. The summed E-state index contributed by atoms with van der Waals surface area (Å²) in [5, 5.41) is 3.47. The van der Waals surface area contributed by atoms with Gasteiger partial charge < -0.3 is 0 Å². The molecule has 0 saturated heterocycles. The molecule has 0 aliphatic carbocycles. The van der Waals surface area contributed by atoms with Crippen molar-refractivity contribution in [2.24, 2.45) is 0 Å². The van der Waals surface area contributed by atoms with Gasteiger partial charge in [-0.15, -0.1) is 0 Å². The van der Waals surface area contributed by atoms with Gasteiger partial charge in [-0.25, -0.2) is 0 Å². The van der Waals surface area contributed by atoms with Crippen LogP contribution in [0.5, 0.6) is 5.75 Å². The van der Waals surface area contributed by atoms with E-state index in [1.807, 2.05) is 35.6 Å². The first-order chi connectivity index (χ1) is 9.83. The van der Waals surface area contributed by atoms with Crippen LogP contribution in [0.4, 0.5) is 0 Å². The Labute approximate surface area is 131 Å². The van der Waals surface area contributed by atoms with Crippen molar-refractivity contribution in [2.75, 3.05) is 7.11 Å². The van der Waals surface area contributed by atoms with E-state index in [0.29, 0.717) is 15.0 Å². The number of hydrogen-bond acceptors (Lipinski definition) is 2. The third-order valence-corrected chi connectivity index (χ3v) is 6.76. The van der Waals surface area contributed by atoms with E-state index in [1.54, 1.807) is 7.11 Å². The second-order valence-corrected chi connectivity index (χ2v) is 8.12. The molecule has 0 unspecified atom stereocenters. The standard InChI is InChI=1S/C17H18OSSe/c1-3-4-13-20-17-15(11-12-19-17)8-5-14-6-9-16(18-2)10-7-14/h6-7,9-12H,3-4,13H2,1-2H3. The van der Waals surface area contributed by atoms with Crippen LogP contribution in [-0.2, 0) is 0 Å². The number of hydrogen-bond donors (Lipinski definition) is 0. The molecular formula is C17H18OSSe. The summed E-state index contributed by atoms with van der Waals surface area (Å²) in [5.74, 6) is 7.42. The van der Waals surface area contributed by atoms with Gasteiger partial charge in [0.25, 0.3) is 0 Å². The van der Waals surface area contributed by atoms with Crippen molar-refractivity contribution >= 4 is 30.1 Å². The molecule has 2 rings (SSSR count). The number of ether oxygens (including phenoxy) is 1. The fourth-order valence-electron chi connectivity index (χ4n) is 1.62. The molecule has 1 heterocycles. The van der Waals surface area contributed by atoms with Gasteiger partial charge in [-0.1, -0.05) is 0 Å². The van der Waals surface area contributed by atoms with E-state index >= 15 is 0 Å². The molecule has 0 aliphatic rings. The molecule has 0 fully saturated rings. The van der Waals surface area contributed by atoms with Crippen molar-refractivity contribution in [1.82, 2.24) is 0 Å². The summed E-state index contributed by atoms with van der Waals surface area (Å²) >= 11 is 2.42. The Morgan fingerprint density at radius 2 is 1.95 bits per heavy atom. The van der Waals surface area contributed by atoms with Crippen LogP contribution < -0.4 is 8.51 Å². The van der Waals surface area contributed by atoms with E-state index in [2.05, 4.69) is 30.2 Å². The molecule has 1 nitrogen and oxygen atoms in total. The minimum atomic E-state index is 0.577. The number of thiophene rings is 1. The first-order valence-corrected chi connectivity index (χ1v) is 9.64. The predicted molar refractivity (Wildman–Crippen MR) is 88.4 cm³/mol.